The van der Waals surface area contributed by atoms with E-state index in [1.807, 2.05) is 30.3 Å². The van der Waals surface area contributed by atoms with Gasteiger partial charge in [-0.05, 0) is 25.1 Å². The van der Waals surface area contributed by atoms with E-state index in [2.05, 4.69) is 24.1 Å². The van der Waals surface area contributed by atoms with Crippen molar-refractivity contribution in [1.29, 1.82) is 0 Å². The first-order valence-corrected chi connectivity index (χ1v) is 7.31. The highest BCUT2D eigenvalue weighted by Gasteiger charge is 2.16. The Hall–Kier alpha value is -1.06. The molecule has 0 spiro atoms. The van der Waals surface area contributed by atoms with Crippen LogP contribution in [0.2, 0.25) is 0 Å². The molecule has 0 heterocycles. The molecule has 0 saturated heterocycles. The molecule has 0 radical (unpaired) electrons. The SMILES string of the molecule is CCCN(CC)CCNC(=O)C(Cl)c1ccccc1. The van der Waals surface area contributed by atoms with Gasteiger partial charge in [-0.15, -0.1) is 11.6 Å². The number of alkyl halides is 1. The van der Waals surface area contributed by atoms with Crippen molar-refractivity contribution in [1.82, 2.24) is 10.2 Å². The molecular formula is C15H23ClN2O. The summed E-state index contributed by atoms with van der Waals surface area (Å²) in [5, 5.41) is 2.28. The van der Waals surface area contributed by atoms with Crippen LogP contribution in [-0.2, 0) is 4.79 Å². The van der Waals surface area contributed by atoms with Crippen molar-refractivity contribution >= 4 is 17.5 Å². The summed E-state index contributed by atoms with van der Waals surface area (Å²) in [6.07, 6.45) is 1.13. The van der Waals surface area contributed by atoms with Gasteiger partial charge in [-0.3, -0.25) is 4.79 Å². The molecule has 1 amide bonds. The van der Waals surface area contributed by atoms with Crippen molar-refractivity contribution in [2.45, 2.75) is 25.6 Å². The fourth-order valence-electron chi connectivity index (χ4n) is 1.94. The van der Waals surface area contributed by atoms with Crippen molar-refractivity contribution in [2.24, 2.45) is 0 Å². The molecule has 1 unspecified atom stereocenters. The number of benzene rings is 1. The minimum atomic E-state index is -0.609. The van der Waals surface area contributed by atoms with Crippen LogP contribution in [0.4, 0.5) is 0 Å². The summed E-state index contributed by atoms with van der Waals surface area (Å²) in [5.74, 6) is -0.125. The molecule has 3 nitrogen and oxygen atoms in total. The zero-order valence-corrected chi connectivity index (χ0v) is 12.5. The maximum atomic E-state index is 11.9. The van der Waals surface area contributed by atoms with Crippen LogP contribution in [0.15, 0.2) is 30.3 Å². The van der Waals surface area contributed by atoms with E-state index in [0.717, 1.165) is 31.6 Å². The Balaban J connectivity index is 2.35. The van der Waals surface area contributed by atoms with E-state index in [4.69, 9.17) is 11.6 Å². The molecule has 0 bridgehead atoms. The van der Waals surface area contributed by atoms with Crippen LogP contribution in [0.3, 0.4) is 0 Å². The van der Waals surface area contributed by atoms with Gasteiger partial charge in [0.15, 0.2) is 0 Å². The molecular weight excluding hydrogens is 260 g/mol. The van der Waals surface area contributed by atoms with Gasteiger partial charge in [0.2, 0.25) is 5.91 Å². The van der Waals surface area contributed by atoms with E-state index in [-0.39, 0.29) is 5.91 Å². The van der Waals surface area contributed by atoms with E-state index in [0.29, 0.717) is 6.54 Å². The van der Waals surface area contributed by atoms with Crippen molar-refractivity contribution in [3.8, 4) is 0 Å². The summed E-state index contributed by atoms with van der Waals surface area (Å²) >= 11 is 6.14. The molecule has 0 fully saturated rings. The molecule has 4 heteroatoms. The van der Waals surface area contributed by atoms with Gasteiger partial charge < -0.3 is 10.2 Å². The molecule has 0 aliphatic rings. The minimum Gasteiger partial charge on any atom is -0.353 e. The van der Waals surface area contributed by atoms with Crippen LogP contribution in [0.25, 0.3) is 0 Å². The summed E-state index contributed by atoms with van der Waals surface area (Å²) < 4.78 is 0. The molecule has 1 N–H and O–H groups in total. The Morgan fingerprint density at radius 1 is 1.26 bits per heavy atom. The summed E-state index contributed by atoms with van der Waals surface area (Å²) in [7, 11) is 0. The summed E-state index contributed by atoms with van der Waals surface area (Å²) in [6.45, 7) is 7.87. The average Bonchev–Trinajstić information content (AvgIpc) is 2.46. The fourth-order valence-corrected chi connectivity index (χ4v) is 2.17. The van der Waals surface area contributed by atoms with Gasteiger partial charge in [0.1, 0.15) is 5.38 Å². The van der Waals surface area contributed by atoms with Crippen LogP contribution in [0.1, 0.15) is 31.2 Å². The predicted molar refractivity (Wildman–Crippen MR) is 80.5 cm³/mol. The quantitative estimate of drug-likeness (QED) is 0.744. The van der Waals surface area contributed by atoms with Crippen molar-refractivity contribution in [2.75, 3.05) is 26.2 Å². The van der Waals surface area contributed by atoms with Crippen LogP contribution >= 0.6 is 11.6 Å². The van der Waals surface area contributed by atoms with Gasteiger partial charge in [0.05, 0.1) is 0 Å². The normalized spacial score (nSPS) is 12.4. The molecule has 19 heavy (non-hydrogen) atoms. The molecule has 1 rings (SSSR count). The van der Waals surface area contributed by atoms with E-state index in [1.165, 1.54) is 0 Å². The Labute approximate surface area is 120 Å². The van der Waals surface area contributed by atoms with Gasteiger partial charge in [0.25, 0.3) is 0 Å². The topological polar surface area (TPSA) is 32.3 Å². The van der Waals surface area contributed by atoms with Crippen molar-refractivity contribution in [3.05, 3.63) is 35.9 Å². The molecule has 106 valence electrons. The van der Waals surface area contributed by atoms with Gasteiger partial charge >= 0.3 is 0 Å². The number of rotatable bonds is 8. The van der Waals surface area contributed by atoms with Crippen LogP contribution in [0.5, 0.6) is 0 Å². The lowest BCUT2D eigenvalue weighted by Crippen LogP contribution is -2.36. The lowest BCUT2D eigenvalue weighted by Gasteiger charge is -2.20. The highest BCUT2D eigenvalue weighted by molar-refractivity contribution is 6.30. The summed E-state index contributed by atoms with van der Waals surface area (Å²) in [4.78, 5) is 14.2. The highest BCUT2D eigenvalue weighted by Crippen LogP contribution is 2.19. The van der Waals surface area contributed by atoms with Crippen LogP contribution in [0, 0.1) is 0 Å². The molecule has 1 atom stereocenters. The number of likely N-dealkylation sites (N-methyl/N-ethyl adjacent to an activating group) is 1. The monoisotopic (exact) mass is 282 g/mol. The third-order valence-electron chi connectivity index (χ3n) is 3.04. The smallest absolute Gasteiger partial charge is 0.242 e. The van der Waals surface area contributed by atoms with Crippen LogP contribution in [-0.4, -0.2) is 37.0 Å². The Morgan fingerprint density at radius 3 is 2.53 bits per heavy atom. The Kier molecular flexibility index (Phi) is 7.53. The van der Waals surface area contributed by atoms with E-state index in [9.17, 15) is 4.79 Å². The first-order valence-electron chi connectivity index (χ1n) is 6.88. The second-order valence-electron chi connectivity index (χ2n) is 4.50. The lowest BCUT2D eigenvalue weighted by atomic mass is 10.1. The summed E-state index contributed by atoms with van der Waals surface area (Å²) in [5.41, 5.74) is 0.836. The summed E-state index contributed by atoms with van der Waals surface area (Å²) in [6, 6.07) is 9.42. The van der Waals surface area contributed by atoms with Crippen molar-refractivity contribution < 1.29 is 4.79 Å². The van der Waals surface area contributed by atoms with Gasteiger partial charge in [-0.1, -0.05) is 44.2 Å². The lowest BCUT2D eigenvalue weighted by molar-refractivity contribution is -0.120. The largest absolute Gasteiger partial charge is 0.353 e. The number of hydrogen-bond acceptors (Lipinski definition) is 2. The second kappa shape index (κ2) is 8.94. The fraction of sp³-hybridized carbons (Fsp3) is 0.533. The molecule has 0 saturated carbocycles. The van der Waals surface area contributed by atoms with Crippen LogP contribution < -0.4 is 5.32 Å². The second-order valence-corrected chi connectivity index (χ2v) is 4.93. The number of nitrogens with zero attached hydrogens (tertiary/aromatic N) is 1. The Morgan fingerprint density at radius 2 is 1.95 bits per heavy atom. The first-order chi connectivity index (χ1) is 9.19. The molecule has 0 aliphatic carbocycles. The molecule has 0 aromatic heterocycles. The number of halogens is 1. The predicted octanol–water partition coefficient (Wildman–Crippen LogP) is 2.81. The Bertz CT molecular complexity index is 370. The maximum absolute atomic E-state index is 11.9. The average molecular weight is 283 g/mol. The van der Waals surface area contributed by atoms with Gasteiger partial charge in [-0.25, -0.2) is 0 Å². The third kappa shape index (κ3) is 5.62. The highest BCUT2D eigenvalue weighted by atomic mass is 35.5. The van der Waals surface area contributed by atoms with E-state index < -0.39 is 5.38 Å². The standard InChI is InChI=1S/C15H23ClN2O/c1-3-11-18(4-2)12-10-17-15(19)14(16)13-8-6-5-7-9-13/h5-9,14H,3-4,10-12H2,1-2H3,(H,17,19). The zero-order chi connectivity index (χ0) is 14.1. The van der Waals surface area contributed by atoms with E-state index >= 15 is 0 Å². The number of hydrogen-bond donors (Lipinski definition) is 1. The van der Waals surface area contributed by atoms with Crippen molar-refractivity contribution in [3.63, 3.8) is 0 Å². The first kappa shape index (κ1) is 16.0. The molecule has 1 aromatic rings. The molecule has 0 aliphatic heterocycles. The van der Waals surface area contributed by atoms with Gasteiger partial charge in [0, 0.05) is 13.1 Å². The number of carbonyl (C=O) groups excluding carboxylic acids is 1. The molecule has 1 aromatic carbocycles. The van der Waals surface area contributed by atoms with E-state index in [1.54, 1.807) is 0 Å². The maximum Gasteiger partial charge on any atom is 0.242 e. The van der Waals surface area contributed by atoms with Gasteiger partial charge in [-0.2, -0.15) is 0 Å². The number of amides is 1. The third-order valence-corrected chi connectivity index (χ3v) is 3.49. The number of nitrogens with one attached hydrogen (secondary N) is 1. The number of carbonyl (C=O) groups is 1. The minimum absolute atomic E-state index is 0.125. The zero-order valence-electron chi connectivity index (χ0n) is 11.7.